The molecule has 0 amide bonds. The minimum atomic E-state index is -0.189. The summed E-state index contributed by atoms with van der Waals surface area (Å²) in [7, 11) is 0. The second kappa shape index (κ2) is 9.90. The third-order valence-corrected chi connectivity index (χ3v) is 6.51. The molecule has 0 saturated heterocycles. The van der Waals surface area contributed by atoms with Crippen LogP contribution in [0, 0.1) is 20.8 Å². The molecular formula is C29H34N4O2. The first-order valence-corrected chi connectivity index (χ1v) is 12.3. The highest BCUT2D eigenvalue weighted by molar-refractivity contribution is 5.83. The zero-order valence-electron chi connectivity index (χ0n) is 21.7. The molecule has 0 atom stereocenters. The number of hydrogen-bond donors (Lipinski definition) is 0. The summed E-state index contributed by atoms with van der Waals surface area (Å²) in [5.74, 6) is 1.64. The van der Waals surface area contributed by atoms with Crippen LogP contribution in [0.3, 0.4) is 0 Å². The molecule has 2 aromatic carbocycles. The number of aromatic nitrogens is 3. The fourth-order valence-corrected chi connectivity index (χ4v) is 4.64. The molecule has 4 rings (SSSR count). The Labute approximate surface area is 206 Å². The molecule has 0 bridgehead atoms. The Morgan fingerprint density at radius 3 is 2.49 bits per heavy atom. The predicted octanol–water partition coefficient (Wildman–Crippen LogP) is 6.21. The van der Waals surface area contributed by atoms with E-state index in [1.54, 1.807) is 12.3 Å². The van der Waals surface area contributed by atoms with E-state index in [-0.39, 0.29) is 11.5 Å². The van der Waals surface area contributed by atoms with Gasteiger partial charge in [-0.3, -0.25) is 4.79 Å². The van der Waals surface area contributed by atoms with Crippen LogP contribution in [-0.2, 0) is 6.54 Å². The van der Waals surface area contributed by atoms with Gasteiger partial charge in [-0.25, -0.2) is 4.98 Å². The van der Waals surface area contributed by atoms with Gasteiger partial charge in [-0.1, -0.05) is 26.0 Å². The third-order valence-electron chi connectivity index (χ3n) is 6.51. The summed E-state index contributed by atoms with van der Waals surface area (Å²) < 4.78 is 9.58. The maximum Gasteiger partial charge on any atom is 0.282 e. The van der Waals surface area contributed by atoms with Crippen molar-refractivity contribution >= 4 is 17.1 Å². The lowest BCUT2D eigenvalue weighted by Gasteiger charge is -2.18. The van der Waals surface area contributed by atoms with Gasteiger partial charge >= 0.3 is 0 Å². The lowest BCUT2D eigenvalue weighted by atomic mass is 9.96. The van der Waals surface area contributed by atoms with Crippen molar-refractivity contribution < 1.29 is 4.74 Å². The van der Waals surface area contributed by atoms with E-state index in [0.717, 1.165) is 40.2 Å². The van der Waals surface area contributed by atoms with Crippen LogP contribution in [0.2, 0.25) is 0 Å². The summed E-state index contributed by atoms with van der Waals surface area (Å²) in [5.41, 5.74) is 6.67. The van der Waals surface area contributed by atoms with Crippen LogP contribution in [0.25, 0.3) is 22.3 Å². The monoisotopic (exact) mass is 470 g/mol. The normalized spacial score (nSPS) is 11.8. The van der Waals surface area contributed by atoms with Gasteiger partial charge in [-0.2, -0.15) is 9.78 Å². The highest BCUT2D eigenvalue weighted by Crippen LogP contribution is 2.34. The van der Waals surface area contributed by atoms with Crippen LogP contribution >= 0.6 is 0 Å². The molecule has 4 aromatic rings. The summed E-state index contributed by atoms with van der Waals surface area (Å²) in [6, 6.07) is 13.7. The molecule has 0 radical (unpaired) electrons. The number of fused-ring (bicyclic) bond motifs is 1. The van der Waals surface area contributed by atoms with E-state index in [0.29, 0.717) is 23.3 Å². The van der Waals surface area contributed by atoms with Gasteiger partial charge in [0, 0.05) is 29.1 Å². The number of nitrogens with zero attached hydrogens (tertiary/aromatic N) is 4. The average Bonchev–Trinajstić information content (AvgIpc) is 3.10. The number of aryl methyl sites for hydroxylation is 2. The summed E-state index contributed by atoms with van der Waals surface area (Å²) in [6.45, 7) is 16.0. The van der Waals surface area contributed by atoms with Crippen LogP contribution in [0.4, 0.5) is 0 Å². The topological polar surface area (TPSA) is 61.4 Å². The zero-order chi connectivity index (χ0) is 25.3. The van der Waals surface area contributed by atoms with Crippen LogP contribution in [0.1, 0.15) is 61.7 Å². The van der Waals surface area contributed by atoms with Crippen molar-refractivity contribution in [3.8, 4) is 17.1 Å². The van der Waals surface area contributed by atoms with Crippen molar-refractivity contribution in [2.75, 3.05) is 6.61 Å². The predicted molar refractivity (Wildman–Crippen MR) is 144 cm³/mol. The number of benzene rings is 2. The van der Waals surface area contributed by atoms with Crippen molar-refractivity contribution in [2.45, 2.75) is 60.9 Å². The summed E-state index contributed by atoms with van der Waals surface area (Å²) in [4.78, 5) is 18.6. The Hall–Kier alpha value is -3.67. The maximum absolute atomic E-state index is 13.6. The summed E-state index contributed by atoms with van der Waals surface area (Å²) in [6.07, 6.45) is 1.77. The van der Waals surface area contributed by atoms with Crippen LogP contribution in [0.5, 0.6) is 5.75 Å². The Morgan fingerprint density at radius 2 is 1.83 bits per heavy atom. The first-order chi connectivity index (χ1) is 16.8. The quantitative estimate of drug-likeness (QED) is 0.302. The highest BCUT2D eigenvalue weighted by Gasteiger charge is 2.18. The molecule has 0 unspecified atom stereocenters. The van der Waals surface area contributed by atoms with Gasteiger partial charge in [0.1, 0.15) is 5.75 Å². The van der Waals surface area contributed by atoms with Crippen molar-refractivity contribution in [1.29, 1.82) is 0 Å². The Morgan fingerprint density at radius 1 is 1.09 bits per heavy atom. The molecule has 0 aliphatic rings. The number of hydrogen-bond acceptors (Lipinski definition) is 4. The van der Waals surface area contributed by atoms with Gasteiger partial charge in [0.2, 0.25) is 0 Å². The Kier molecular flexibility index (Phi) is 6.92. The van der Waals surface area contributed by atoms with Gasteiger partial charge in [0.25, 0.3) is 5.56 Å². The Balaban J connectivity index is 1.98. The van der Waals surface area contributed by atoms with Crippen LogP contribution in [0.15, 0.2) is 52.4 Å². The molecule has 0 fully saturated rings. The molecule has 6 heteroatoms. The molecule has 0 saturated carbocycles. The van der Waals surface area contributed by atoms with Gasteiger partial charge in [-0.15, -0.1) is 0 Å². The fourth-order valence-electron chi connectivity index (χ4n) is 4.64. The van der Waals surface area contributed by atoms with Crippen molar-refractivity contribution in [2.24, 2.45) is 5.10 Å². The molecule has 0 aliphatic carbocycles. The number of rotatable bonds is 7. The third kappa shape index (κ3) is 4.53. The molecule has 2 heterocycles. The van der Waals surface area contributed by atoms with Gasteiger partial charge in [-0.05, 0) is 82.0 Å². The average molecular weight is 471 g/mol. The Bertz CT molecular complexity index is 1470. The lowest BCUT2D eigenvalue weighted by Crippen LogP contribution is -2.21. The maximum atomic E-state index is 13.6. The van der Waals surface area contributed by atoms with E-state index < -0.39 is 0 Å². The molecule has 6 nitrogen and oxygen atoms in total. The van der Waals surface area contributed by atoms with E-state index in [1.165, 1.54) is 10.4 Å². The molecule has 2 aromatic heterocycles. The SMILES string of the molecule is CCOc1cc(C)c(-c2nc3ccccc3c(=O)n2N=Cc2cc(C)n(CC)c2C)cc1C(C)C. The highest BCUT2D eigenvalue weighted by atomic mass is 16.5. The zero-order valence-corrected chi connectivity index (χ0v) is 21.7. The molecular weight excluding hydrogens is 436 g/mol. The van der Waals surface area contributed by atoms with Crippen LogP contribution < -0.4 is 10.3 Å². The molecule has 0 aliphatic heterocycles. The summed E-state index contributed by atoms with van der Waals surface area (Å²) in [5, 5.41) is 5.24. The van der Waals surface area contributed by atoms with E-state index in [9.17, 15) is 4.79 Å². The van der Waals surface area contributed by atoms with Crippen LogP contribution in [-0.4, -0.2) is 27.0 Å². The number of para-hydroxylation sites is 1. The minimum absolute atomic E-state index is 0.189. The smallest absolute Gasteiger partial charge is 0.282 e. The number of ether oxygens (including phenoxy) is 1. The largest absolute Gasteiger partial charge is 0.494 e. The van der Waals surface area contributed by atoms with Gasteiger partial charge < -0.3 is 9.30 Å². The second-order valence-corrected chi connectivity index (χ2v) is 9.18. The fraction of sp³-hybridized carbons (Fsp3) is 0.345. The summed E-state index contributed by atoms with van der Waals surface area (Å²) >= 11 is 0. The minimum Gasteiger partial charge on any atom is -0.494 e. The van der Waals surface area contributed by atoms with Crippen molar-refractivity contribution in [3.05, 3.63) is 80.9 Å². The van der Waals surface area contributed by atoms with E-state index in [1.807, 2.05) is 38.1 Å². The lowest BCUT2D eigenvalue weighted by molar-refractivity contribution is 0.335. The second-order valence-electron chi connectivity index (χ2n) is 9.18. The van der Waals surface area contributed by atoms with E-state index in [2.05, 4.69) is 51.3 Å². The van der Waals surface area contributed by atoms with E-state index >= 15 is 0 Å². The molecule has 182 valence electrons. The first kappa shape index (κ1) is 24.5. The van der Waals surface area contributed by atoms with Gasteiger partial charge in [0.15, 0.2) is 5.82 Å². The molecule has 35 heavy (non-hydrogen) atoms. The molecule has 0 spiro atoms. The van der Waals surface area contributed by atoms with Crippen molar-refractivity contribution in [3.63, 3.8) is 0 Å². The van der Waals surface area contributed by atoms with E-state index in [4.69, 9.17) is 14.8 Å². The van der Waals surface area contributed by atoms with Crippen molar-refractivity contribution in [1.82, 2.24) is 14.2 Å². The standard InChI is InChI=1S/C29H34N4O2/c1-8-32-20(6)15-22(21(32)7)17-30-33-28(31-26-13-11-10-12-23(26)29(33)34)25-16-24(18(3)4)27(35-9-2)14-19(25)5/h10-18H,8-9H2,1-7H3. The first-order valence-electron chi connectivity index (χ1n) is 12.3. The molecule has 0 N–H and O–H groups in total. The van der Waals surface area contributed by atoms with Gasteiger partial charge in [0.05, 0.1) is 23.7 Å².